The Morgan fingerprint density at radius 3 is 2.07 bits per heavy atom. The molecule has 2 aliphatic rings. The predicted molar refractivity (Wildman–Crippen MR) is 230 cm³/mol. The Bertz CT molecular complexity index is 1470. The van der Waals surface area contributed by atoms with Gasteiger partial charge in [0.2, 0.25) is 17.7 Å². The van der Waals surface area contributed by atoms with Gasteiger partial charge in [-0.2, -0.15) is 0 Å². The summed E-state index contributed by atoms with van der Waals surface area (Å²) in [4.78, 5) is 76.4. The molecule has 2 saturated heterocycles. The lowest BCUT2D eigenvalue weighted by Gasteiger charge is -2.37. The summed E-state index contributed by atoms with van der Waals surface area (Å²) in [7, 11) is 4.97. The van der Waals surface area contributed by atoms with E-state index in [0.29, 0.717) is 45.4 Å². The van der Waals surface area contributed by atoms with Gasteiger partial charge in [-0.25, -0.2) is 5.06 Å². The highest BCUT2D eigenvalue weighted by Gasteiger charge is 2.42. The van der Waals surface area contributed by atoms with Crippen molar-refractivity contribution in [3.05, 3.63) is 35.9 Å². The Morgan fingerprint density at radius 1 is 0.831 bits per heavy atom. The quantitative estimate of drug-likeness (QED) is 0.125. The van der Waals surface area contributed by atoms with Gasteiger partial charge < -0.3 is 30.3 Å². The van der Waals surface area contributed by atoms with Crippen molar-refractivity contribution < 1.29 is 38.3 Å². The summed E-state index contributed by atoms with van der Waals surface area (Å²) in [6, 6.07) is 7.45. The van der Waals surface area contributed by atoms with E-state index in [0.717, 1.165) is 31.2 Å². The number of hydrogen-bond donors (Lipinski definition) is 3. The fourth-order valence-corrected chi connectivity index (χ4v) is 8.89. The van der Waals surface area contributed by atoms with Crippen LogP contribution in [0.15, 0.2) is 30.3 Å². The van der Waals surface area contributed by atoms with E-state index in [1.165, 1.54) is 5.06 Å². The van der Waals surface area contributed by atoms with Crippen LogP contribution < -0.4 is 16.0 Å². The van der Waals surface area contributed by atoms with Gasteiger partial charge in [-0.05, 0) is 74.8 Å². The summed E-state index contributed by atoms with van der Waals surface area (Å²) in [6.45, 7) is 17.4. The van der Waals surface area contributed by atoms with Crippen LogP contribution in [0, 0.1) is 35.5 Å². The fourth-order valence-electron chi connectivity index (χ4n) is 8.89. The summed E-state index contributed by atoms with van der Waals surface area (Å²) in [5.74, 6) is -1.54. The summed E-state index contributed by atoms with van der Waals surface area (Å²) in [5, 5.41) is 10.5. The molecule has 3 N–H and O–H groups in total. The van der Waals surface area contributed by atoms with Crippen LogP contribution in [0.1, 0.15) is 112 Å². The largest absolute Gasteiger partial charge is 0.381 e. The minimum absolute atomic E-state index is 0.0119. The second-order valence-corrected chi connectivity index (χ2v) is 17.7. The first kappa shape index (κ1) is 50.0. The minimum atomic E-state index is -0.826. The summed E-state index contributed by atoms with van der Waals surface area (Å²) < 4.78 is 12.1. The Balaban J connectivity index is 1.71. The van der Waals surface area contributed by atoms with Crippen LogP contribution in [-0.4, -0.2) is 117 Å². The first-order valence-corrected chi connectivity index (χ1v) is 22.2. The number of ketones is 1. The number of likely N-dealkylation sites (N-methyl/N-ethyl adjacent to an activating group) is 1. The number of nitrogens with one attached hydrogen (secondary N) is 3. The van der Waals surface area contributed by atoms with Gasteiger partial charge >= 0.3 is 0 Å². The molecule has 1 aromatic carbocycles. The van der Waals surface area contributed by atoms with Crippen molar-refractivity contribution in [1.82, 2.24) is 25.9 Å². The maximum Gasteiger partial charge on any atom is 0.269 e. The topological polar surface area (TPSA) is 156 Å². The normalized spacial score (nSPS) is 20.6. The molecule has 1 aromatic rings. The molecule has 2 aliphatic heterocycles. The number of benzene rings is 1. The number of rotatable bonds is 24. The van der Waals surface area contributed by atoms with Crippen LogP contribution >= 0.6 is 0 Å². The molecule has 0 spiro atoms. The number of hydroxylamine groups is 2. The van der Waals surface area contributed by atoms with Gasteiger partial charge in [0.1, 0.15) is 6.04 Å². The molecular formula is C46H77N5O8. The van der Waals surface area contributed by atoms with E-state index in [1.807, 2.05) is 69.9 Å². The van der Waals surface area contributed by atoms with Crippen LogP contribution in [0.3, 0.4) is 0 Å². The minimum Gasteiger partial charge on any atom is -0.381 e. The molecule has 2 heterocycles. The highest BCUT2D eigenvalue weighted by atomic mass is 16.7. The maximum atomic E-state index is 14.3. The Labute approximate surface area is 354 Å². The van der Waals surface area contributed by atoms with Crippen LogP contribution in [0.25, 0.3) is 0 Å². The van der Waals surface area contributed by atoms with Crippen LogP contribution in [0.4, 0.5) is 0 Å². The third-order valence-electron chi connectivity index (χ3n) is 12.8. The van der Waals surface area contributed by atoms with Gasteiger partial charge in [-0.1, -0.05) is 92.1 Å². The molecule has 0 saturated carbocycles. The number of Topliss-reactive ketones (excluding diaryl/α,β-unsaturated/α-hetero) is 1. The molecule has 4 amide bonds. The molecule has 0 aromatic heterocycles. The van der Waals surface area contributed by atoms with Crippen molar-refractivity contribution in [1.29, 1.82) is 0 Å². The van der Waals surface area contributed by atoms with Gasteiger partial charge in [0, 0.05) is 39.6 Å². The lowest BCUT2D eigenvalue weighted by atomic mass is 9.79. The zero-order valence-electron chi connectivity index (χ0n) is 38.0. The Morgan fingerprint density at radius 2 is 1.51 bits per heavy atom. The number of amides is 4. The van der Waals surface area contributed by atoms with Crippen LogP contribution in [-0.2, 0) is 44.7 Å². The number of carbonyl (C=O) groups excluding carboxylic acids is 5. The van der Waals surface area contributed by atoms with Crippen molar-refractivity contribution in [2.75, 3.05) is 41.0 Å². The molecule has 2 fully saturated rings. The molecule has 13 heteroatoms. The maximum absolute atomic E-state index is 14.3. The third-order valence-corrected chi connectivity index (χ3v) is 12.8. The van der Waals surface area contributed by atoms with Crippen LogP contribution in [0.5, 0.6) is 0 Å². The summed E-state index contributed by atoms with van der Waals surface area (Å²) >= 11 is 0. The van der Waals surface area contributed by atoms with E-state index < -0.39 is 30.1 Å². The van der Waals surface area contributed by atoms with Crippen molar-refractivity contribution in [2.24, 2.45) is 35.5 Å². The van der Waals surface area contributed by atoms with E-state index in [4.69, 9.17) is 14.3 Å². The monoisotopic (exact) mass is 828 g/mol. The second-order valence-electron chi connectivity index (χ2n) is 17.7. The predicted octanol–water partition coefficient (Wildman–Crippen LogP) is 5.35. The Hall–Kier alpha value is -3.39. The molecule has 59 heavy (non-hydrogen) atoms. The van der Waals surface area contributed by atoms with Gasteiger partial charge in [-0.3, -0.25) is 28.8 Å². The number of hydrogen-bond acceptors (Lipinski definition) is 9. The number of carbonyl (C=O) groups is 5. The lowest BCUT2D eigenvalue weighted by Crippen LogP contribution is -2.55. The van der Waals surface area contributed by atoms with Gasteiger partial charge in [-0.15, -0.1) is 0 Å². The van der Waals surface area contributed by atoms with Gasteiger partial charge in [0.15, 0.2) is 5.78 Å². The van der Waals surface area contributed by atoms with Crippen molar-refractivity contribution in [3.8, 4) is 0 Å². The van der Waals surface area contributed by atoms with E-state index in [9.17, 15) is 24.0 Å². The van der Waals surface area contributed by atoms with Gasteiger partial charge in [0.05, 0.1) is 49.3 Å². The molecular weight excluding hydrogens is 751 g/mol. The standard InChI is InChI=1S/C46H77N5O8/c1-12-31(6)35(23-22-32(7)42(53)40(29(2)3)49-45(55)41(47-9)30(4)5)38(57-10)28-39(52)50-24-18-21-37(50)43(58-11)33(8)44(54)48-36(27-34-19-14-13-15-20-34)46(56)51-25-16-17-26-59-51/h13-15,19-20,29-33,35-38,40-41,43,47H,12,16-18,21-28H2,1-11H3,(H,48,54)(H,49,55)/t31-,32?,33+,35-,36+,37-,38+,40-,41-,43+/m0/s1. The van der Waals surface area contributed by atoms with Crippen LogP contribution in [0.2, 0.25) is 0 Å². The molecule has 0 radical (unpaired) electrons. The van der Waals surface area contributed by atoms with Crippen molar-refractivity contribution in [2.45, 2.75) is 150 Å². The summed E-state index contributed by atoms with van der Waals surface area (Å²) in [5.41, 5.74) is 0.921. The zero-order valence-corrected chi connectivity index (χ0v) is 38.0. The molecule has 3 rings (SSSR count). The first-order chi connectivity index (χ1) is 28.1. The van der Waals surface area contributed by atoms with E-state index in [2.05, 4.69) is 29.8 Å². The highest BCUT2D eigenvalue weighted by Crippen LogP contribution is 2.33. The number of ether oxygens (including phenoxy) is 2. The Kier molecular flexibility index (Phi) is 21.0. The molecule has 13 nitrogen and oxygen atoms in total. The number of likely N-dealkylation sites (tertiary alicyclic amines) is 1. The molecule has 1 unspecified atom stereocenters. The van der Waals surface area contributed by atoms with Gasteiger partial charge in [0.25, 0.3) is 5.91 Å². The number of methoxy groups -OCH3 is 2. The highest BCUT2D eigenvalue weighted by molar-refractivity contribution is 5.92. The smallest absolute Gasteiger partial charge is 0.269 e. The average Bonchev–Trinajstić information content (AvgIpc) is 3.72. The number of nitrogens with zero attached hydrogens (tertiary/aromatic N) is 2. The SMILES string of the molecule is CC[C@H](C)[C@H](CCC(C)C(=O)[C@@H](NC(=O)[C@@H](NC)C(C)C)C(C)C)[C@@H](CC(=O)N1CCC[C@H]1[C@H](OC)[C@@H](C)C(=O)N[C@H](Cc1ccccc1)C(=O)N1CCCCO1)OC. The van der Waals surface area contributed by atoms with E-state index in [-0.39, 0.29) is 77.6 Å². The molecule has 0 aliphatic carbocycles. The third kappa shape index (κ3) is 14.1. The molecule has 0 bridgehead atoms. The fraction of sp³-hybridized carbons (Fsp3) is 0.761. The summed E-state index contributed by atoms with van der Waals surface area (Å²) in [6.07, 6.45) is 4.84. The second kappa shape index (κ2) is 24.8. The molecule has 334 valence electrons. The zero-order chi connectivity index (χ0) is 43.8. The lowest BCUT2D eigenvalue weighted by molar-refractivity contribution is -0.199. The van der Waals surface area contributed by atoms with E-state index >= 15 is 0 Å². The average molecular weight is 828 g/mol. The van der Waals surface area contributed by atoms with E-state index in [1.54, 1.807) is 28.2 Å². The van der Waals surface area contributed by atoms with Crippen molar-refractivity contribution in [3.63, 3.8) is 0 Å². The molecule has 10 atom stereocenters. The first-order valence-electron chi connectivity index (χ1n) is 22.2. The van der Waals surface area contributed by atoms with Crippen molar-refractivity contribution >= 4 is 29.4 Å².